The van der Waals surface area contributed by atoms with Gasteiger partial charge in [0, 0.05) is 11.6 Å². The fourth-order valence-corrected chi connectivity index (χ4v) is 3.54. The first-order valence-corrected chi connectivity index (χ1v) is 8.69. The Balaban J connectivity index is 2.17. The molecule has 0 aliphatic rings. The molecule has 0 atom stereocenters. The fraction of sp³-hybridized carbons (Fsp3) is 0.167. The molecule has 0 N–H and O–H groups in total. The maximum atomic E-state index is 14.3. The van der Waals surface area contributed by atoms with E-state index in [1.54, 1.807) is 6.92 Å². The van der Waals surface area contributed by atoms with E-state index in [1.807, 2.05) is 0 Å². The maximum absolute atomic E-state index is 14.3. The molecule has 0 saturated heterocycles. The summed E-state index contributed by atoms with van der Waals surface area (Å²) in [4.78, 5) is 28.0. The number of amides is 1. The van der Waals surface area contributed by atoms with Gasteiger partial charge in [-0.1, -0.05) is 17.4 Å². The number of thiazole rings is 1. The number of ether oxygens (including phenoxy) is 1. The lowest BCUT2D eigenvalue weighted by atomic mass is 10.2. The number of halogens is 3. The van der Waals surface area contributed by atoms with Crippen molar-refractivity contribution in [3.05, 3.63) is 64.2 Å². The molecule has 9 heteroatoms. The highest BCUT2D eigenvalue weighted by molar-refractivity contribution is 7.16. The molecule has 27 heavy (non-hydrogen) atoms. The van der Waals surface area contributed by atoms with Crippen molar-refractivity contribution in [2.45, 2.75) is 13.5 Å². The fourth-order valence-electron chi connectivity index (χ4n) is 2.47. The number of aromatic nitrogens is 1. The molecule has 2 aromatic carbocycles. The van der Waals surface area contributed by atoms with Crippen LogP contribution in [0.15, 0.2) is 41.4 Å². The molecule has 3 aromatic rings. The van der Waals surface area contributed by atoms with E-state index in [9.17, 15) is 22.8 Å². The minimum absolute atomic E-state index is 0.0122. The quantitative estimate of drug-likeness (QED) is 0.637. The van der Waals surface area contributed by atoms with Crippen molar-refractivity contribution < 1.29 is 27.5 Å². The number of hydrogen-bond acceptors (Lipinski definition) is 4. The van der Waals surface area contributed by atoms with Gasteiger partial charge in [-0.25, -0.2) is 13.2 Å². The molecule has 0 bridgehead atoms. The van der Waals surface area contributed by atoms with Gasteiger partial charge in [-0.05, 0) is 31.2 Å². The molecule has 0 aliphatic heterocycles. The van der Waals surface area contributed by atoms with Crippen LogP contribution in [-0.2, 0) is 16.1 Å². The summed E-state index contributed by atoms with van der Waals surface area (Å²) in [6, 6.07) is 6.67. The number of rotatable bonds is 4. The Labute approximate surface area is 155 Å². The van der Waals surface area contributed by atoms with Gasteiger partial charge in [-0.2, -0.15) is 4.99 Å². The topological polar surface area (TPSA) is 60.7 Å². The van der Waals surface area contributed by atoms with Crippen LogP contribution in [0.5, 0.6) is 0 Å². The first kappa shape index (κ1) is 18.8. The van der Waals surface area contributed by atoms with Crippen molar-refractivity contribution in [2.75, 3.05) is 6.61 Å². The zero-order valence-corrected chi connectivity index (χ0v) is 14.9. The normalized spacial score (nSPS) is 11.8. The number of benzene rings is 2. The minimum atomic E-state index is -0.898. The Bertz CT molecular complexity index is 1100. The first-order valence-electron chi connectivity index (χ1n) is 7.87. The third-order valence-corrected chi connectivity index (χ3v) is 4.58. The molecule has 0 saturated carbocycles. The largest absolute Gasteiger partial charge is 0.465 e. The van der Waals surface area contributed by atoms with Crippen LogP contribution in [-0.4, -0.2) is 23.1 Å². The summed E-state index contributed by atoms with van der Waals surface area (Å²) in [7, 11) is 0. The zero-order chi connectivity index (χ0) is 19.6. The van der Waals surface area contributed by atoms with Crippen LogP contribution in [0.1, 0.15) is 17.3 Å². The Morgan fingerprint density at radius 1 is 1.15 bits per heavy atom. The molecule has 0 radical (unpaired) electrons. The van der Waals surface area contributed by atoms with Gasteiger partial charge in [0.05, 0.1) is 16.8 Å². The van der Waals surface area contributed by atoms with Crippen molar-refractivity contribution in [1.29, 1.82) is 0 Å². The summed E-state index contributed by atoms with van der Waals surface area (Å²) < 4.78 is 47.3. The van der Waals surface area contributed by atoms with Gasteiger partial charge < -0.3 is 9.30 Å². The predicted molar refractivity (Wildman–Crippen MR) is 92.7 cm³/mol. The summed E-state index contributed by atoms with van der Waals surface area (Å²) >= 11 is 0.833. The third kappa shape index (κ3) is 4.08. The Morgan fingerprint density at radius 2 is 1.93 bits per heavy atom. The van der Waals surface area contributed by atoms with E-state index < -0.39 is 35.9 Å². The number of fused-ring (bicyclic) bond motifs is 1. The van der Waals surface area contributed by atoms with E-state index in [4.69, 9.17) is 4.74 Å². The molecular formula is C18H13F3N2O3S. The van der Waals surface area contributed by atoms with Crippen molar-refractivity contribution in [1.82, 2.24) is 4.57 Å². The highest BCUT2D eigenvalue weighted by atomic mass is 32.1. The third-order valence-electron chi connectivity index (χ3n) is 3.56. The number of nitrogens with zero attached hydrogens (tertiary/aromatic N) is 2. The number of esters is 1. The second-order valence-electron chi connectivity index (χ2n) is 5.44. The van der Waals surface area contributed by atoms with Crippen LogP contribution in [0.3, 0.4) is 0 Å². The minimum Gasteiger partial charge on any atom is -0.465 e. The summed E-state index contributed by atoms with van der Waals surface area (Å²) in [5.74, 6) is -3.75. The van der Waals surface area contributed by atoms with Gasteiger partial charge in [0.15, 0.2) is 10.6 Å². The molecule has 1 aromatic heterocycles. The summed E-state index contributed by atoms with van der Waals surface area (Å²) in [6.45, 7) is 1.32. The van der Waals surface area contributed by atoms with E-state index in [1.165, 1.54) is 18.2 Å². The summed E-state index contributed by atoms with van der Waals surface area (Å²) in [5.41, 5.74) is -0.0814. The molecule has 0 aliphatic carbocycles. The maximum Gasteiger partial charge on any atom is 0.326 e. The molecule has 3 rings (SSSR count). The molecule has 1 amide bonds. The monoisotopic (exact) mass is 394 g/mol. The number of hydrogen-bond donors (Lipinski definition) is 0. The van der Waals surface area contributed by atoms with Crippen LogP contribution in [0, 0.1) is 17.5 Å². The van der Waals surface area contributed by atoms with Crippen molar-refractivity contribution >= 4 is 33.4 Å². The number of carbonyl (C=O) groups excluding carboxylic acids is 2. The Morgan fingerprint density at radius 3 is 2.63 bits per heavy atom. The second kappa shape index (κ2) is 7.75. The molecule has 0 unspecified atom stereocenters. The smallest absolute Gasteiger partial charge is 0.326 e. The van der Waals surface area contributed by atoms with Gasteiger partial charge in [-0.3, -0.25) is 9.59 Å². The first-order chi connectivity index (χ1) is 12.9. The van der Waals surface area contributed by atoms with Crippen LogP contribution in [0.25, 0.3) is 10.2 Å². The number of carbonyl (C=O) groups is 2. The van der Waals surface area contributed by atoms with Gasteiger partial charge >= 0.3 is 5.97 Å². The van der Waals surface area contributed by atoms with Crippen molar-refractivity contribution in [2.24, 2.45) is 4.99 Å². The SMILES string of the molecule is CCOC(=O)Cn1c(=NC(=O)c2cccc(F)c2)sc2cc(F)cc(F)c21. The zero-order valence-electron chi connectivity index (χ0n) is 14.0. The standard InChI is InChI=1S/C18H13F3N2O3S/c1-2-26-15(24)9-23-16-13(21)7-12(20)8-14(16)27-18(23)22-17(25)10-4-3-5-11(19)6-10/h3-8H,2,9H2,1H3. The molecular weight excluding hydrogens is 381 g/mol. The van der Waals surface area contributed by atoms with Crippen LogP contribution >= 0.6 is 11.3 Å². The van der Waals surface area contributed by atoms with Crippen molar-refractivity contribution in [3.8, 4) is 0 Å². The average Bonchev–Trinajstić information content (AvgIpc) is 2.92. The van der Waals surface area contributed by atoms with Crippen LogP contribution in [0.2, 0.25) is 0 Å². The van der Waals surface area contributed by atoms with Crippen LogP contribution in [0.4, 0.5) is 13.2 Å². The van der Waals surface area contributed by atoms with E-state index in [2.05, 4.69) is 4.99 Å². The molecule has 0 spiro atoms. The highest BCUT2D eigenvalue weighted by Gasteiger charge is 2.17. The van der Waals surface area contributed by atoms with Gasteiger partial charge in [-0.15, -0.1) is 0 Å². The predicted octanol–water partition coefficient (Wildman–Crippen LogP) is 3.42. The highest BCUT2D eigenvalue weighted by Crippen LogP contribution is 2.22. The molecule has 0 fully saturated rings. The van der Waals surface area contributed by atoms with E-state index in [-0.39, 0.29) is 27.2 Å². The Kier molecular flexibility index (Phi) is 5.41. The second-order valence-corrected chi connectivity index (χ2v) is 6.45. The molecule has 5 nitrogen and oxygen atoms in total. The molecule has 140 valence electrons. The Hall–Kier alpha value is -2.94. The lowest BCUT2D eigenvalue weighted by Crippen LogP contribution is -2.23. The van der Waals surface area contributed by atoms with Gasteiger partial charge in [0.25, 0.3) is 5.91 Å². The van der Waals surface area contributed by atoms with E-state index in [0.29, 0.717) is 6.07 Å². The van der Waals surface area contributed by atoms with E-state index in [0.717, 1.165) is 28.0 Å². The van der Waals surface area contributed by atoms with Crippen LogP contribution < -0.4 is 4.80 Å². The molecule has 1 heterocycles. The van der Waals surface area contributed by atoms with E-state index >= 15 is 0 Å². The van der Waals surface area contributed by atoms with Crippen molar-refractivity contribution in [3.63, 3.8) is 0 Å². The summed E-state index contributed by atoms with van der Waals surface area (Å²) in [6.07, 6.45) is 0. The lowest BCUT2D eigenvalue weighted by molar-refractivity contribution is -0.143. The van der Waals surface area contributed by atoms with Gasteiger partial charge in [0.1, 0.15) is 18.2 Å². The van der Waals surface area contributed by atoms with Gasteiger partial charge in [0.2, 0.25) is 0 Å². The average molecular weight is 394 g/mol. The lowest BCUT2D eigenvalue weighted by Gasteiger charge is -2.05. The summed E-state index contributed by atoms with van der Waals surface area (Å²) in [5, 5.41) is 0.